The van der Waals surface area contributed by atoms with Crippen LogP contribution < -0.4 is 5.32 Å². The van der Waals surface area contributed by atoms with Crippen LogP contribution in [0.3, 0.4) is 0 Å². The van der Waals surface area contributed by atoms with Crippen LogP contribution in [-0.4, -0.2) is 6.54 Å². The Morgan fingerprint density at radius 2 is 1.48 bits per heavy atom. The number of rotatable bonds is 4. The molecule has 0 aliphatic rings. The summed E-state index contributed by atoms with van der Waals surface area (Å²) in [5, 5.41) is 11.5. The summed E-state index contributed by atoms with van der Waals surface area (Å²) in [4.78, 5) is 0. The summed E-state index contributed by atoms with van der Waals surface area (Å²) in [5.74, 6) is 0. The summed E-state index contributed by atoms with van der Waals surface area (Å²) in [6.45, 7) is 5.47. The van der Waals surface area contributed by atoms with Gasteiger partial charge in [-0.3, -0.25) is 0 Å². The highest BCUT2D eigenvalue weighted by molar-refractivity contribution is 6.23. The topological polar surface area (TPSA) is 12.0 Å². The van der Waals surface area contributed by atoms with E-state index < -0.39 is 0 Å². The molecule has 0 aliphatic carbocycles. The molecular formula is C20H17N. The molecule has 102 valence electrons. The van der Waals surface area contributed by atoms with Gasteiger partial charge < -0.3 is 5.32 Å². The van der Waals surface area contributed by atoms with Crippen LogP contribution in [0.25, 0.3) is 32.3 Å². The number of hydrogen-bond donors (Lipinski definition) is 1. The minimum absolute atomic E-state index is 0.835. The van der Waals surface area contributed by atoms with Gasteiger partial charge in [0.05, 0.1) is 0 Å². The van der Waals surface area contributed by atoms with E-state index in [4.69, 9.17) is 0 Å². The fourth-order valence-corrected chi connectivity index (χ4v) is 3.26. The average Bonchev–Trinajstić information content (AvgIpc) is 2.54. The summed E-state index contributed by atoms with van der Waals surface area (Å²) < 4.78 is 0. The molecule has 0 heterocycles. The van der Waals surface area contributed by atoms with Crippen molar-refractivity contribution in [3.05, 3.63) is 72.8 Å². The average molecular weight is 271 g/mol. The summed E-state index contributed by atoms with van der Waals surface area (Å²) in [6, 6.07) is 19.9. The number of nitrogens with one attached hydrogen (secondary N) is 1. The smallest absolute Gasteiger partial charge is 0.0214 e. The van der Waals surface area contributed by atoms with Gasteiger partial charge in [-0.1, -0.05) is 60.7 Å². The van der Waals surface area contributed by atoms with Crippen molar-refractivity contribution in [2.75, 3.05) is 6.54 Å². The molecule has 0 unspecified atom stereocenters. The summed E-state index contributed by atoms with van der Waals surface area (Å²) in [7, 11) is 0. The van der Waals surface area contributed by atoms with Crippen molar-refractivity contribution in [1.29, 1.82) is 0 Å². The van der Waals surface area contributed by atoms with Gasteiger partial charge in [0.1, 0.15) is 0 Å². The van der Waals surface area contributed by atoms with E-state index in [1.807, 2.05) is 6.08 Å². The monoisotopic (exact) mass is 271 g/mol. The second-order valence-corrected chi connectivity index (χ2v) is 5.50. The van der Waals surface area contributed by atoms with Crippen molar-refractivity contribution in [2.24, 2.45) is 0 Å². The molecule has 0 aliphatic heterocycles. The minimum atomic E-state index is 0.835. The summed E-state index contributed by atoms with van der Waals surface area (Å²) in [6.07, 6.45) is 1.90. The first-order chi connectivity index (χ1) is 10.4. The predicted molar refractivity (Wildman–Crippen MR) is 92.0 cm³/mol. The van der Waals surface area contributed by atoms with Crippen LogP contribution in [0.5, 0.6) is 0 Å². The zero-order chi connectivity index (χ0) is 14.2. The van der Waals surface area contributed by atoms with Crippen LogP contribution in [0.2, 0.25) is 0 Å². The van der Waals surface area contributed by atoms with E-state index in [0.29, 0.717) is 0 Å². The Hall–Kier alpha value is -2.38. The third-order valence-corrected chi connectivity index (χ3v) is 4.22. The van der Waals surface area contributed by atoms with Crippen molar-refractivity contribution in [3.63, 3.8) is 0 Å². The quantitative estimate of drug-likeness (QED) is 0.317. The molecule has 0 fully saturated rings. The fraction of sp³-hybridized carbons (Fsp3) is 0.100. The first-order valence-corrected chi connectivity index (χ1v) is 7.35. The normalized spacial score (nSPS) is 11.6. The van der Waals surface area contributed by atoms with Crippen LogP contribution in [-0.2, 0) is 6.54 Å². The first-order valence-electron chi connectivity index (χ1n) is 7.35. The van der Waals surface area contributed by atoms with Crippen molar-refractivity contribution >= 4 is 32.3 Å². The highest BCUT2D eigenvalue weighted by Gasteiger charge is 2.09. The third kappa shape index (κ3) is 1.90. The molecule has 1 nitrogen and oxygen atoms in total. The van der Waals surface area contributed by atoms with E-state index in [1.165, 1.54) is 37.9 Å². The Bertz CT molecular complexity index is 921. The van der Waals surface area contributed by atoms with Crippen LogP contribution in [0, 0.1) is 0 Å². The molecule has 0 saturated heterocycles. The van der Waals surface area contributed by atoms with Crippen LogP contribution in [0.4, 0.5) is 0 Å². The van der Waals surface area contributed by atoms with Crippen molar-refractivity contribution < 1.29 is 0 Å². The Balaban J connectivity index is 2.03. The van der Waals surface area contributed by atoms with E-state index in [1.54, 1.807) is 0 Å². The first kappa shape index (κ1) is 12.4. The highest BCUT2D eigenvalue weighted by Crippen LogP contribution is 2.35. The molecule has 4 rings (SSSR count). The van der Waals surface area contributed by atoms with E-state index in [2.05, 4.69) is 66.5 Å². The van der Waals surface area contributed by atoms with Crippen LogP contribution in [0.15, 0.2) is 67.3 Å². The van der Waals surface area contributed by atoms with Crippen molar-refractivity contribution in [3.8, 4) is 0 Å². The van der Waals surface area contributed by atoms with Gasteiger partial charge in [0.2, 0.25) is 0 Å². The molecule has 0 spiro atoms. The zero-order valence-corrected chi connectivity index (χ0v) is 11.9. The molecular weight excluding hydrogens is 254 g/mol. The standard InChI is InChI=1S/C20H17N/c1-2-12-21-13-17-9-8-16-7-6-14-4-3-5-15-10-11-18(17)20(16)19(14)15/h2-11,21H,1,12-13H2. The lowest BCUT2D eigenvalue weighted by Gasteiger charge is -2.14. The third-order valence-electron chi connectivity index (χ3n) is 4.22. The molecule has 4 aromatic carbocycles. The maximum absolute atomic E-state index is 3.76. The second-order valence-electron chi connectivity index (χ2n) is 5.50. The molecule has 0 saturated carbocycles. The van der Waals surface area contributed by atoms with Crippen LogP contribution >= 0.6 is 0 Å². The molecule has 21 heavy (non-hydrogen) atoms. The van der Waals surface area contributed by atoms with Crippen LogP contribution in [0.1, 0.15) is 5.56 Å². The van der Waals surface area contributed by atoms with E-state index in [-0.39, 0.29) is 0 Å². The minimum Gasteiger partial charge on any atom is -0.309 e. The molecule has 4 aromatic rings. The lowest BCUT2D eigenvalue weighted by molar-refractivity contribution is 0.765. The van der Waals surface area contributed by atoms with Gasteiger partial charge in [0, 0.05) is 13.1 Å². The Morgan fingerprint density at radius 3 is 2.24 bits per heavy atom. The molecule has 0 bridgehead atoms. The number of hydrogen-bond acceptors (Lipinski definition) is 1. The van der Waals surface area contributed by atoms with Crippen molar-refractivity contribution in [1.82, 2.24) is 5.32 Å². The fourth-order valence-electron chi connectivity index (χ4n) is 3.26. The van der Waals surface area contributed by atoms with Gasteiger partial charge in [-0.05, 0) is 37.9 Å². The maximum Gasteiger partial charge on any atom is 0.0214 e. The van der Waals surface area contributed by atoms with Gasteiger partial charge in [0.15, 0.2) is 0 Å². The second kappa shape index (κ2) is 4.87. The van der Waals surface area contributed by atoms with Crippen molar-refractivity contribution in [2.45, 2.75) is 6.54 Å². The van der Waals surface area contributed by atoms with E-state index in [9.17, 15) is 0 Å². The van der Waals surface area contributed by atoms with E-state index in [0.717, 1.165) is 13.1 Å². The molecule has 1 N–H and O–H groups in total. The zero-order valence-electron chi connectivity index (χ0n) is 11.9. The Morgan fingerprint density at radius 1 is 0.810 bits per heavy atom. The summed E-state index contributed by atoms with van der Waals surface area (Å²) in [5.41, 5.74) is 1.35. The summed E-state index contributed by atoms with van der Waals surface area (Å²) >= 11 is 0. The lowest BCUT2D eigenvalue weighted by Crippen LogP contribution is -2.12. The molecule has 0 aromatic heterocycles. The Labute approximate surface area is 124 Å². The molecule has 0 atom stereocenters. The van der Waals surface area contributed by atoms with Gasteiger partial charge in [-0.25, -0.2) is 0 Å². The largest absolute Gasteiger partial charge is 0.309 e. The van der Waals surface area contributed by atoms with Gasteiger partial charge in [-0.15, -0.1) is 6.58 Å². The molecule has 0 radical (unpaired) electrons. The SMILES string of the molecule is C=CCNCc1ccc2ccc3cccc4ccc1c2c34. The van der Waals surface area contributed by atoms with E-state index >= 15 is 0 Å². The predicted octanol–water partition coefficient (Wildman–Crippen LogP) is 4.86. The molecule has 1 heteroatoms. The Kier molecular flexibility index (Phi) is 2.87. The van der Waals surface area contributed by atoms with Gasteiger partial charge >= 0.3 is 0 Å². The van der Waals surface area contributed by atoms with Gasteiger partial charge in [-0.2, -0.15) is 0 Å². The highest BCUT2D eigenvalue weighted by atomic mass is 14.8. The molecule has 0 amide bonds. The maximum atomic E-state index is 3.76. The lowest BCUT2D eigenvalue weighted by atomic mass is 9.92. The number of benzene rings is 4. The van der Waals surface area contributed by atoms with Gasteiger partial charge in [0.25, 0.3) is 0 Å².